The Bertz CT molecular complexity index is 1230. The second kappa shape index (κ2) is 8.12. The Kier molecular flexibility index (Phi) is 5.37. The van der Waals surface area contributed by atoms with Crippen molar-refractivity contribution in [2.75, 3.05) is 19.5 Å². The Hall–Kier alpha value is -3.45. The first-order chi connectivity index (χ1) is 14.5. The summed E-state index contributed by atoms with van der Waals surface area (Å²) in [6, 6.07) is 12.6. The van der Waals surface area contributed by atoms with Crippen LogP contribution >= 0.6 is 11.6 Å². The van der Waals surface area contributed by atoms with Gasteiger partial charge in [-0.05, 0) is 31.2 Å². The SMILES string of the molecule is COc1cccc(Cn2nccc2NC(=O)c2oc3ccc(Cl)cc3c2C)c1OC. The molecule has 4 rings (SSSR count). The van der Waals surface area contributed by atoms with Crippen LogP contribution in [0.4, 0.5) is 5.82 Å². The molecule has 0 aliphatic heterocycles. The lowest BCUT2D eigenvalue weighted by Crippen LogP contribution is -2.16. The number of nitrogens with zero attached hydrogens (tertiary/aromatic N) is 2. The molecule has 2 aromatic carbocycles. The van der Waals surface area contributed by atoms with Gasteiger partial charge in [0.1, 0.15) is 11.4 Å². The van der Waals surface area contributed by atoms with Gasteiger partial charge in [0.2, 0.25) is 0 Å². The number of carbonyl (C=O) groups excluding carboxylic acids is 1. The zero-order valence-electron chi connectivity index (χ0n) is 16.7. The average molecular weight is 426 g/mol. The van der Waals surface area contributed by atoms with Gasteiger partial charge in [-0.3, -0.25) is 4.79 Å². The number of fused-ring (bicyclic) bond motifs is 1. The number of aryl methyl sites for hydroxylation is 1. The molecule has 1 N–H and O–H groups in total. The molecular weight excluding hydrogens is 406 g/mol. The van der Waals surface area contributed by atoms with Crippen LogP contribution in [0.3, 0.4) is 0 Å². The number of rotatable bonds is 6. The number of hydrogen-bond acceptors (Lipinski definition) is 5. The van der Waals surface area contributed by atoms with Crippen LogP contribution in [-0.2, 0) is 6.54 Å². The quantitative estimate of drug-likeness (QED) is 0.475. The van der Waals surface area contributed by atoms with Crippen molar-refractivity contribution in [1.82, 2.24) is 9.78 Å². The molecule has 0 saturated carbocycles. The minimum absolute atomic E-state index is 0.235. The van der Waals surface area contributed by atoms with E-state index in [0.717, 1.165) is 16.5 Å². The lowest BCUT2D eigenvalue weighted by Gasteiger charge is -2.14. The molecule has 154 valence electrons. The smallest absolute Gasteiger partial charge is 0.292 e. The standard InChI is InChI=1S/C22H20ClN3O4/c1-13-16-11-15(23)7-8-17(16)30-20(13)22(27)25-19-9-10-24-26(19)12-14-5-4-6-18(28-2)21(14)29-3/h4-11H,12H2,1-3H3,(H,25,27). The van der Waals surface area contributed by atoms with Crippen molar-refractivity contribution < 1.29 is 18.7 Å². The highest BCUT2D eigenvalue weighted by atomic mass is 35.5. The predicted octanol–water partition coefficient (Wildman–Crippen LogP) is 4.91. The lowest BCUT2D eigenvalue weighted by molar-refractivity contribution is 0.0997. The molecule has 1 amide bonds. The van der Waals surface area contributed by atoms with Crippen LogP contribution < -0.4 is 14.8 Å². The number of carbonyl (C=O) groups is 1. The Morgan fingerprint density at radius 1 is 1.20 bits per heavy atom. The first kappa shape index (κ1) is 19.8. The van der Waals surface area contributed by atoms with E-state index in [2.05, 4.69) is 10.4 Å². The zero-order chi connectivity index (χ0) is 21.3. The molecule has 0 unspecified atom stereocenters. The molecule has 0 aliphatic carbocycles. The normalized spacial score (nSPS) is 10.9. The van der Waals surface area contributed by atoms with Gasteiger partial charge in [-0.2, -0.15) is 5.10 Å². The maximum atomic E-state index is 12.9. The lowest BCUT2D eigenvalue weighted by atomic mass is 10.1. The van der Waals surface area contributed by atoms with Crippen LogP contribution in [-0.4, -0.2) is 29.9 Å². The number of halogens is 1. The summed E-state index contributed by atoms with van der Waals surface area (Å²) in [5.74, 6) is 1.66. The monoisotopic (exact) mass is 425 g/mol. The molecule has 7 nitrogen and oxygen atoms in total. The first-order valence-corrected chi connectivity index (χ1v) is 9.61. The Morgan fingerprint density at radius 2 is 2.03 bits per heavy atom. The summed E-state index contributed by atoms with van der Waals surface area (Å²) >= 11 is 6.07. The zero-order valence-corrected chi connectivity index (χ0v) is 17.5. The fourth-order valence-corrected chi connectivity index (χ4v) is 3.56. The molecule has 0 atom stereocenters. The number of para-hydroxylation sites is 1. The molecule has 2 heterocycles. The molecule has 0 radical (unpaired) electrons. The van der Waals surface area contributed by atoms with Crippen molar-refractivity contribution in [2.45, 2.75) is 13.5 Å². The Balaban J connectivity index is 1.60. The molecule has 0 fully saturated rings. The topological polar surface area (TPSA) is 78.5 Å². The second-order valence-corrected chi connectivity index (χ2v) is 7.11. The van der Waals surface area contributed by atoms with Gasteiger partial charge in [0.25, 0.3) is 5.91 Å². The number of nitrogens with one attached hydrogen (secondary N) is 1. The molecule has 2 aromatic heterocycles. The molecule has 4 aromatic rings. The van der Waals surface area contributed by atoms with E-state index < -0.39 is 0 Å². The van der Waals surface area contributed by atoms with E-state index in [1.165, 1.54) is 0 Å². The third kappa shape index (κ3) is 3.59. The molecule has 0 bridgehead atoms. The van der Waals surface area contributed by atoms with Crippen LogP contribution in [0.15, 0.2) is 53.1 Å². The van der Waals surface area contributed by atoms with Crippen molar-refractivity contribution in [2.24, 2.45) is 0 Å². The van der Waals surface area contributed by atoms with Crippen LogP contribution in [0.1, 0.15) is 21.7 Å². The maximum Gasteiger partial charge on any atom is 0.292 e. The summed E-state index contributed by atoms with van der Waals surface area (Å²) < 4.78 is 18.3. The van der Waals surface area contributed by atoms with Gasteiger partial charge in [0, 0.05) is 27.6 Å². The van der Waals surface area contributed by atoms with Gasteiger partial charge in [-0.25, -0.2) is 4.68 Å². The Morgan fingerprint density at radius 3 is 2.80 bits per heavy atom. The number of aromatic nitrogens is 2. The summed E-state index contributed by atoms with van der Waals surface area (Å²) in [7, 11) is 3.17. The van der Waals surface area contributed by atoms with Crippen molar-refractivity contribution in [1.29, 1.82) is 0 Å². The summed E-state index contributed by atoms with van der Waals surface area (Å²) in [5, 5.41) is 8.59. The third-order valence-corrected chi connectivity index (χ3v) is 5.10. The summed E-state index contributed by atoms with van der Waals surface area (Å²) in [4.78, 5) is 12.9. The number of anilines is 1. The van der Waals surface area contributed by atoms with Gasteiger partial charge in [-0.15, -0.1) is 0 Å². The fourth-order valence-electron chi connectivity index (χ4n) is 3.39. The van der Waals surface area contributed by atoms with E-state index in [0.29, 0.717) is 34.5 Å². The molecule has 0 saturated heterocycles. The van der Waals surface area contributed by atoms with Crippen molar-refractivity contribution in [3.63, 3.8) is 0 Å². The van der Waals surface area contributed by atoms with Gasteiger partial charge >= 0.3 is 0 Å². The second-order valence-electron chi connectivity index (χ2n) is 6.68. The highest BCUT2D eigenvalue weighted by Gasteiger charge is 2.20. The third-order valence-electron chi connectivity index (χ3n) is 4.87. The molecular formula is C22H20ClN3O4. The van der Waals surface area contributed by atoms with E-state index >= 15 is 0 Å². The first-order valence-electron chi connectivity index (χ1n) is 9.23. The van der Waals surface area contributed by atoms with Crippen LogP contribution in [0.5, 0.6) is 11.5 Å². The van der Waals surface area contributed by atoms with Gasteiger partial charge in [-0.1, -0.05) is 23.7 Å². The summed E-state index contributed by atoms with van der Waals surface area (Å²) in [6.45, 7) is 2.22. The summed E-state index contributed by atoms with van der Waals surface area (Å²) in [6.07, 6.45) is 1.62. The van der Waals surface area contributed by atoms with E-state index in [1.807, 2.05) is 25.1 Å². The van der Waals surface area contributed by atoms with E-state index in [9.17, 15) is 4.79 Å². The maximum absolute atomic E-state index is 12.9. The molecule has 0 spiro atoms. The van der Waals surface area contributed by atoms with Gasteiger partial charge in [0.15, 0.2) is 17.3 Å². The molecule has 0 aliphatic rings. The Labute approximate surface area is 178 Å². The van der Waals surface area contributed by atoms with Crippen LogP contribution in [0, 0.1) is 6.92 Å². The average Bonchev–Trinajstić information content (AvgIpc) is 3.31. The number of benzene rings is 2. The number of ether oxygens (including phenoxy) is 2. The largest absolute Gasteiger partial charge is 0.493 e. The van der Waals surface area contributed by atoms with Gasteiger partial charge in [0.05, 0.1) is 27.0 Å². The van der Waals surface area contributed by atoms with Crippen LogP contribution in [0.25, 0.3) is 11.0 Å². The fraction of sp³-hybridized carbons (Fsp3) is 0.182. The number of furan rings is 1. The molecule has 30 heavy (non-hydrogen) atoms. The number of hydrogen-bond donors (Lipinski definition) is 1. The minimum Gasteiger partial charge on any atom is -0.493 e. The predicted molar refractivity (Wildman–Crippen MR) is 115 cm³/mol. The van der Waals surface area contributed by atoms with E-state index in [-0.39, 0.29) is 11.7 Å². The van der Waals surface area contributed by atoms with Crippen molar-refractivity contribution >= 4 is 34.3 Å². The summed E-state index contributed by atoms with van der Waals surface area (Å²) in [5.41, 5.74) is 2.20. The van der Waals surface area contributed by atoms with Gasteiger partial charge < -0.3 is 19.2 Å². The number of amides is 1. The highest BCUT2D eigenvalue weighted by Crippen LogP contribution is 2.32. The van der Waals surface area contributed by atoms with E-state index in [1.54, 1.807) is 49.4 Å². The van der Waals surface area contributed by atoms with Crippen LogP contribution in [0.2, 0.25) is 5.02 Å². The van der Waals surface area contributed by atoms with E-state index in [4.69, 9.17) is 25.5 Å². The highest BCUT2D eigenvalue weighted by molar-refractivity contribution is 6.31. The molecule has 8 heteroatoms. The van der Waals surface area contributed by atoms with Crippen molar-refractivity contribution in [3.05, 3.63) is 70.6 Å². The number of methoxy groups -OCH3 is 2. The van der Waals surface area contributed by atoms with Crippen molar-refractivity contribution in [3.8, 4) is 11.5 Å². The minimum atomic E-state index is -0.362.